The van der Waals surface area contributed by atoms with Gasteiger partial charge < -0.3 is 35.3 Å². The molecule has 0 saturated heterocycles. The number of methoxy groups -OCH3 is 1. The molecule has 1 aliphatic heterocycles. The number of aromatic nitrogens is 2. The van der Waals surface area contributed by atoms with Crippen molar-refractivity contribution in [1.29, 1.82) is 0 Å². The number of anilines is 1. The summed E-state index contributed by atoms with van der Waals surface area (Å²) in [5, 5.41) is 22.8. The highest BCUT2D eigenvalue weighted by Crippen LogP contribution is 2.47. The number of ketones is 1. The number of carboxylic acid groups (broad SMARTS) is 1. The molecule has 2 amide bonds. The summed E-state index contributed by atoms with van der Waals surface area (Å²) in [6, 6.07) is 6.68. The van der Waals surface area contributed by atoms with Crippen LogP contribution in [0.2, 0.25) is 0 Å². The Morgan fingerprint density at radius 3 is 2.53 bits per heavy atom. The molecule has 7 rings (SSSR count). The number of thiazole rings is 1. The molecule has 0 bridgehead atoms. The molecule has 294 valence electrons. The van der Waals surface area contributed by atoms with Gasteiger partial charge in [-0.15, -0.1) is 11.3 Å². The number of amides is 2. The van der Waals surface area contributed by atoms with E-state index in [2.05, 4.69) is 16.0 Å². The van der Waals surface area contributed by atoms with Gasteiger partial charge in [0.05, 0.1) is 30.3 Å². The molecule has 2 aromatic heterocycles. The molecular weight excluding hydrogens is 723 g/mol. The lowest BCUT2D eigenvalue weighted by Gasteiger charge is -2.25. The number of nitrogens with zero attached hydrogens (tertiary/aromatic N) is 2. The van der Waals surface area contributed by atoms with Crippen molar-refractivity contribution < 1.29 is 38.5 Å². The standard InChI is InChI=1S/C41H51N5O8S/c1-23(2)42-39-44-34(22-55-39)33-20-35(28-16-15-26(52-3)19-32(28)43-33)53-27-17-29-30(18-27)37(48)46-41(38(49)50)21-24(41)11-7-5-4-6-8-14-31(36(29)47)45-40(51)54-25-12-9-10-13-25/h7,11,15-16,19-20,22-25,27,29-31H,4-6,8-10,12-14,17-18,21H2,1-3H3,(H,42,44)(H,45,51)(H,46,48)(H,49,50)/b11-7-/t24-,27+,29?,30-,31+,41-/m1/s1. The number of carbonyl (C=O) groups excluding carboxylic acids is 3. The Kier molecular flexibility index (Phi) is 11.6. The van der Waals surface area contributed by atoms with Crippen molar-refractivity contribution in [2.75, 3.05) is 12.4 Å². The first-order chi connectivity index (χ1) is 26.5. The van der Waals surface area contributed by atoms with E-state index in [0.29, 0.717) is 41.2 Å². The Morgan fingerprint density at radius 2 is 1.76 bits per heavy atom. The van der Waals surface area contributed by atoms with Crippen molar-refractivity contribution in [3.63, 3.8) is 0 Å². The molecule has 55 heavy (non-hydrogen) atoms. The molecule has 3 fully saturated rings. The number of allylic oxidation sites excluding steroid dienone is 1. The second-order valence-electron chi connectivity index (χ2n) is 15.7. The Balaban J connectivity index is 1.20. The molecule has 4 N–H and O–H groups in total. The summed E-state index contributed by atoms with van der Waals surface area (Å²) in [6.45, 7) is 4.08. The third-order valence-corrected chi connectivity index (χ3v) is 12.1. The van der Waals surface area contributed by atoms with Crippen LogP contribution in [0.1, 0.15) is 90.9 Å². The van der Waals surface area contributed by atoms with Crippen LogP contribution in [0.4, 0.5) is 9.93 Å². The molecule has 3 aliphatic carbocycles. The zero-order chi connectivity index (χ0) is 38.7. The maximum Gasteiger partial charge on any atom is 0.407 e. The number of pyridine rings is 1. The number of hydrogen-bond donors (Lipinski definition) is 4. The van der Waals surface area contributed by atoms with Crippen LogP contribution in [-0.4, -0.2) is 75.8 Å². The molecule has 1 unspecified atom stereocenters. The molecule has 1 aromatic carbocycles. The summed E-state index contributed by atoms with van der Waals surface area (Å²) < 4.78 is 18.0. The average Bonchev–Trinajstić information content (AvgIpc) is 3.58. The highest BCUT2D eigenvalue weighted by Gasteiger charge is 2.61. The van der Waals surface area contributed by atoms with Crippen LogP contribution in [0.15, 0.2) is 41.8 Å². The van der Waals surface area contributed by atoms with Gasteiger partial charge >= 0.3 is 12.1 Å². The smallest absolute Gasteiger partial charge is 0.407 e. The van der Waals surface area contributed by atoms with Crippen molar-refractivity contribution in [1.82, 2.24) is 20.6 Å². The van der Waals surface area contributed by atoms with E-state index in [1.54, 1.807) is 7.11 Å². The topological polar surface area (TPSA) is 178 Å². The molecular formula is C41H51N5O8S. The third kappa shape index (κ3) is 8.74. The van der Waals surface area contributed by atoms with E-state index in [-0.39, 0.29) is 43.1 Å². The zero-order valence-electron chi connectivity index (χ0n) is 31.7. The lowest BCUT2D eigenvalue weighted by molar-refractivity contribution is -0.144. The van der Waals surface area contributed by atoms with E-state index < -0.39 is 47.5 Å². The summed E-state index contributed by atoms with van der Waals surface area (Å²) in [4.78, 5) is 64.2. The van der Waals surface area contributed by atoms with Gasteiger partial charge in [0.25, 0.3) is 0 Å². The number of nitrogens with one attached hydrogen (secondary N) is 3. The lowest BCUT2D eigenvalue weighted by atomic mass is 9.86. The first kappa shape index (κ1) is 38.6. The van der Waals surface area contributed by atoms with Gasteiger partial charge in [-0.2, -0.15) is 0 Å². The predicted octanol–water partition coefficient (Wildman–Crippen LogP) is 7.05. The second-order valence-corrected chi connectivity index (χ2v) is 16.6. The number of carbonyl (C=O) groups is 4. The molecule has 13 nitrogen and oxygen atoms in total. The van der Waals surface area contributed by atoms with Gasteiger partial charge in [0.2, 0.25) is 5.91 Å². The fourth-order valence-corrected chi connectivity index (χ4v) is 9.16. The Bertz CT molecular complexity index is 1940. The fourth-order valence-electron chi connectivity index (χ4n) is 8.31. The molecule has 3 aromatic rings. The van der Waals surface area contributed by atoms with Crippen LogP contribution in [0.5, 0.6) is 11.5 Å². The third-order valence-electron chi connectivity index (χ3n) is 11.4. The quantitative estimate of drug-likeness (QED) is 0.164. The monoisotopic (exact) mass is 773 g/mol. The van der Waals surface area contributed by atoms with E-state index in [4.69, 9.17) is 24.2 Å². The van der Waals surface area contributed by atoms with Crippen LogP contribution < -0.4 is 25.4 Å². The molecule has 4 aliphatic rings. The molecule has 6 atom stereocenters. The van der Waals surface area contributed by atoms with E-state index in [1.807, 2.05) is 55.6 Å². The summed E-state index contributed by atoms with van der Waals surface area (Å²) in [5.41, 5.74) is 0.458. The summed E-state index contributed by atoms with van der Waals surface area (Å²) in [6.07, 6.45) is 10.3. The van der Waals surface area contributed by atoms with Crippen LogP contribution in [-0.2, 0) is 19.1 Å². The van der Waals surface area contributed by atoms with Crippen molar-refractivity contribution in [3.8, 4) is 22.9 Å². The minimum absolute atomic E-state index is 0.173. The van der Waals surface area contributed by atoms with Gasteiger partial charge in [0, 0.05) is 40.8 Å². The molecule has 0 spiro atoms. The van der Waals surface area contributed by atoms with Crippen LogP contribution in [0, 0.1) is 17.8 Å². The summed E-state index contributed by atoms with van der Waals surface area (Å²) in [7, 11) is 1.59. The molecule has 0 radical (unpaired) electrons. The van der Waals surface area contributed by atoms with Crippen LogP contribution in [0.25, 0.3) is 22.3 Å². The molecule has 3 heterocycles. The van der Waals surface area contributed by atoms with Crippen molar-refractivity contribution in [2.45, 2.75) is 121 Å². The Morgan fingerprint density at radius 1 is 0.982 bits per heavy atom. The number of aliphatic carboxylic acids is 1. The van der Waals surface area contributed by atoms with E-state index in [1.165, 1.54) is 11.3 Å². The second kappa shape index (κ2) is 16.6. The minimum Gasteiger partial charge on any atom is -0.497 e. The number of alkyl carbamates (subject to hydrolysis) is 1. The van der Waals surface area contributed by atoms with Gasteiger partial charge in [-0.25, -0.2) is 19.6 Å². The highest BCUT2D eigenvalue weighted by molar-refractivity contribution is 7.14. The van der Waals surface area contributed by atoms with Gasteiger partial charge in [0.15, 0.2) is 10.9 Å². The molecule has 3 saturated carbocycles. The predicted molar refractivity (Wildman–Crippen MR) is 208 cm³/mol. The summed E-state index contributed by atoms with van der Waals surface area (Å²) >= 11 is 1.48. The van der Waals surface area contributed by atoms with Crippen LogP contribution in [0.3, 0.4) is 0 Å². The number of hydrogen-bond acceptors (Lipinski definition) is 11. The first-order valence-corrected chi connectivity index (χ1v) is 20.5. The van der Waals surface area contributed by atoms with Gasteiger partial charge in [-0.3, -0.25) is 9.59 Å². The number of fused-ring (bicyclic) bond motifs is 3. The van der Waals surface area contributed by atoms with E-state index in [9.17, 15) is 24.3 Å². The largest absolute Gasteiger partial charge is 0.497 e. The maximum atomic E-state index is 14.6. The number of benzene rings is 1. The minimum atomic E-state index is -1.42. The van der Waals surface area contributed by atoms with E-state index >= 15 is 0 Å². The SMILES string of the molecule is COc1ccc2c(O[C@H]3CC4C(=O)[C@@H](NC(=O)OC5CCCC5)CCCCC/C=C\[C@@H]5C[C@@]5(C(=O)O)NC(=O)[C@@H]4C3)cc(-c3csc(NC(C)C)n3)nc2c1. The van der Waals surface area contributed by atoms with Crippen molar-refractivity contribution in [2.24, 2.45) is 17.8 Å². The van der Waals surface area contributed by atoms with Crippen molar-refractivity contribution in [3.05, 3.63) is 41.8 Å². The number of Topliss-reactive ketones (excluding diaryl/α,β-unsaturated/α-hetero) is 1. The van der Waals surface area contributed by atoms with Gasteiger partial charge in [-0.05, 0) is 90.2 Å². The molecule has 14 heteroatoms. The Labute approximate surface area is 325 Å². The highest BCUT2D eigenvalue weighted by atomic mass is 32.1. The fraction of sp³-hybridized carbons (Fsp3) is 0.561. The number of carboxylic acids is 1. The van der Waals surface area contributed by atoms with Crippen molar-refractivity contribution >= 4 is 51.1 Å². The first-order valence-electron chi connectivity index (χ1n) is 19.6. The average molecular weight is 774 g/mol. The lowest BCUT2D eigenvalue weighted by Crippen LogP contribution is -2.50. The van der Waals surface area contributed by atoms with Crippen LogP contribution >= 0.6 is 11.3 Å². The summed E-state index contributed by atoms with van der Waals surface area (Å²) in [5.74, 6) is -2.77. The maximum absolute atomic E-state index is 14.6. The van der Waals surface area contributed by atoms with Gasteiger partial charge in [-0.1, -0.05) is 25.0 Å². The number of ether oxygens (including phenoxy) is 3. The number of rotatable bonds is 9. The van der Waals surface area contributed by atoms with E-state index in [0.717, 1.165) is 55.5 Å². The van der Waals surface area contributed by atoms with Gasteiger partial charge in [0.1, 0.15) is 34.9 Å². The zero-order valence-corrected chi connectivity index (χ0v) is 32.5. The Hall–Kier alpha value is -4.72. The normalized spacial score (nSPS) is 28.0.